The van der Waals surface area contributed by atoms with Crippen molar-refractivity contribution in [3.63, 3.8) is 0 Å². The summed E-state index contributed by atoms with van der Waals surface area (Å²) in [5.41, 5.74) is 9.31. The third kappa shape index (κ3) is 4.03. The third-order valence-electron chi connectivity index (χ3n) is 2.71. The van der Waals surface area contributed by atoms with E-state index in [1.165, 1.54) is 16.7 Å². The summed E-state index contributed by atoms with van der Waals surface area (Å²) in [5.74, 6) is 0.257. The Morgan fingerprint density at radius 2 is 2.06 bits per heavy atom. The lowest BCUT2D eigenvalue weighted by Gasteiger charge is -2.18. The minimum atomic E-state index is 0.257. The van der Waals surface area contributed by atoms with Crippen LogP contribution in [0.15, 0.2) is 18.2 Å². The van der Waals surface area contributed by atoms with Gasteiger partial charge in [0.05, 0.1) is 5.84 Å². The molecule has 0 bridgehead atoms. The van der Waals surface area contributed by atoms with Crippen molar-refractivity contribution in [1.82, 2.24) is 4.90 Å². The third-order valence-corrected chi connectivity index (χ3v) is 2.71. The van der Waals surface area contributed by atoms with Crippen molar-refractivity contribution in [1.29, 1.82) is 5.41 Å². The van der Waals surface area contributed by atoms with Crippen LogP contribution in [0, 0.1) is 19.3 Å². The summed E-state index contributed by atoms with van der Waals surface area (Å²) < 4.78 is 0. The molecule has 0 saturated heterocycles. The highest BCUT2D eigenvalue weighted by atomic mass is 15.1. The first-order valence-electron chi connectivity index (χ1n) is 5.56. The molecule has 0 unspecified atom stereocenters. The Hall–Kier alpha value is -1.35. The minimum Gasteiger partial charge on any atom is -0.388 e. The molecule has 0 aliphatic heterocycles. The Kier molecular flexibility index (Phi) is 4.50. The summed E-state index contributed by atoms with van der Waals surface area (Å²) in [5, 5.41) is 7.19. The van der Waals surface area contributed by atoms with Crippen molar-refractivity contribution >= 4 is 5.84 Å². The van der Waals surface area contributed by atoms with Gasteiger partial charge >= 0.3 is 0 Å². The van der Waals surface area contributed by atoms with Gasteiger partial charge in [-0.2, -0.15) is 0 Å². The first-order chi connectivity index (χ1) is 7.49. The largest absolute Gasteiger partial charge is 0.388 e. The van der Waals surface area contributed by atoms with Crippen LogP contribution in [0.5, 0.6) is 0 Å². The zero-order valence-corrected chi connectivity index (χ0v) is 10.4. The monoisotopic (exact) mass is 219 g/mol. The smallest absolute Gasteiger partial charge is 0.0918 e. The molecule has 0 amide bonds. The molecule has 1 aromatic carbocycles. The molecule has 88 valence electrons. The number of nitrogens with two attached hydrogens (primary N) is 1. The number of hydrogen-bond donors (Lipinski definition) is 2. The van der Waals surface area contributed by atoms with E-state index >= 15 is 0 Å². The molecule has 0 fully saturated rings. The predicted octanol–water partition coefficient (Wildman–Crippen LogP) is 2.06. The number of benzene rings is 1. The maximum atomic E-state index is 7.19. The van der Waals surface area contributed by atoms with Gasteiger partial charge in [-0.1, -0.05) is 23.8 Å². The first kappa shape index (κ1) is 12.7. The van der Waals surface area contributed by atoms with Gasteiger partial charge in [0.2, 0.25) is 0 Å². The number of nitrogens with one attached hydrogen (secondary N) is 1. The molecule has 3 nitrogen and oxygen atoms in total. The predicted molar refractivity (Wildman–Crippen MR) is 68.8 cm³/mol. The van der Waals surface area contributed by atoms with E-state index in [0.717, 1.165) is 13.1 Å². The first-order valence-corrected chi connectivity index (χ1v) is 5.56. The molecule has 0 heterocycles. The number of hydrogen-bond acceptors (Lipinski definition) is 2. The molecule has 1 aromatic rings. The summed E-state index contributed by atoms with van der Waals surface area (Å²) in [7, 11) is 2.06. The van der Waals surface area contributed by atoms with E-state index in [1.807, 2.05) is 0 Å². The van der Waals surface area contributed by atoms with E-state index in [9.17, 15) is 0 Å². The summed E-state index contributed by atoms with van der Waals surface area (Å²) >= 11 is 0. The Morgan fingerprint density at radius 3 is 2.69 bits per heavy atom. The van der Waals surface area contributed by atoms with Crippen molar-refractivity contribution in [2.24, 2.45) is 5.73 Å². The van der Waals surface area contributed by atoms with Gasteiger partial charge in [0.15, 0.2) is 0 Å². The van der Waals surface area contributed by atoms with E-state index in [2.05, 4.69) is 44.0 Å². The number of aryl methyl sites for hydroxylation is 2. The lowest BCUT2D eigenvalue weighted by atomic mass is 10.1. The molecule has 0 aromatic heterocycles. The Morgan fingerprint density at radius 1 is 1.38 bits per heavy atom. The van der Waals surface area contributed by atoms with Gasteiger partial charge in [-0.15, -0.1) is 0 Å². The number of nitrogens with zero attached hydrogens (tertiary/aromatic N) is 1. The lowest BCUT2D eigenvalue weighted by molar-refractivity contribution is 0.336. The Balaban J connectivity index is 2.58. The van der Waals surface area contributed by atoms with Crippen LogP contribution in [-0.2, 0) is 6.54 Å². The second-order valence-electron chi connectivity index (χ2n) is 4.44. The van der Waals surface area contributed by atoms with E-state index in [1.54, 1.807) is 0 Å². The number of rotatable bonds is 5. The molecule has 0 spiro atoms. The molecular formula is C13H21N3. The van der Waals surface area contributed by atoms with Crippen molar-refractivity contribution in [2.75, 3.05) is 13.6 Å². The van der Waals surface area contributed by atoms with Crippen LogP contribution in [-0.4, -0.2) is 24.3 Å². The fourth-order valence-electron chi connectivity index (χ4n) is 1.65. The van der Waals surface area contributed by atoms with Crippen molar-refractivity contribution in [3.05, 3.63) is 34.9 Å². The topological polar surface area (TPSA) is 53.1 Å². The fourth-order valence-corrected chi connectivity index (χ4v) is 1.65. The van der Waals surface area contributed by atoms with Crippen molar-refractivity contribution in [3.8, 4) is 0 Å². The van der Waals surface area contributed by atoms with Crippen molar-refractivity contribution in [2.45, 2.75) is 26.8 Å². The van der Waals surface area contributed by atoms with E-state index in [-0.39, 0.29) is 5.84 Å². The number of amidine groups is 1. The van der Waals surface area contributed by atoms with Gasteiger partial charge in [0.25, 0.3) is 0 Å². The fraction of sp³-hybridized carbons (Fsp3) is 0.462. The average Bonchev–Trinajstić information content (AvgIpc) is 2.20. The van der Waals surface area contributed by atoms with Gasteiger partial charge in [-0.05, 0) is 32.0 Å². The van der Waals surface area contributed by atoms with Crippen LogP contribution < -0.4 is 5.73 Å². The minimum absolute atomic E-state index is 0.257. The standard InChI is InChI=1S/C13H21N3/c1-10-4-5-11(2)12(8-10)9-16(3)7-6-13(14)15/h4-5,8H,6-7,9H2,1-3H3,(H3,14,15). The molecule has 3 heteroatoms. The quantitative estimate of drug-likeness (QED) is 0.588. The Labute approximate surface area is 97.8 Å². The highest BCUT2D eigenvalue weighted by molar-refractivity contribution is 5.76. The van der Waals surface area contributed by atoms with Crippen molar-refractivity contribution < 1.29 is 0 Å². The normalized spacial score (nSPS) is 10.8. The second kappa shape index (κ2) is 5.66. The molecule has 1 rings (SSSR count). The van der Waals surface area contributed by atoms with Gasteiger partial charge in [-0.3, -0.25) is 5.41 Å². The summed E-state index contributed by atoms with van der Waals surface area (Å²) in [6.07, 6.45) is 0.640. The van der Waals surface area contributed by atoms with E-state index in [4.69, 9.17) is 11.1 Å². The molecular weight excluding hydrogens is 198 g/mol. The summed E-state index contributed by atoms with van der Waals surface area (Å²) in [4.78, 5) is 2.20. The van der Waals surface area contributed by atoms with Crippen LogP contribution >= 0.6 is 0 Å². The zero-order chi connectivity index (χ0) is 12.1. The molecule has 0 aliphatic carbocycles. The van der Waals surface area contributed by atoms with E-state index < -0.39 is 0 Å². The maximum Gasteiger partial charge on any atom is 0.0918 e. The molecule has 3 N–H and O–H groups in total. The van der Waals surface area contributed by atoms with Gasteiger partial charge in [-0.25, -0.2) is 0 Å². The van der Waals surface area contributed by atoms with Gasteiger partial charge in [0.1, 0.15) is 0 Å². The van der Waals surface area contributed by atoms with Gasteiger partial charge in [0, 0.05) is 19.5 Å². The highest BCUT2D eigenvalue weighted by Crippen LogP contribution is 2.12. The second-order valence-corrected chi connectivity index (χ2v) is 4.44. The average molecular weight is 219 g/mol. The van der Waals surface area contributed by atoms with Crippen LogP contribution in [0.4, 0.5) is 0 Å². The van der Waals surface area contributed by atoms with Crippen LogP contribution in [0.2, 0.25) is 0 Å². The highest BCUT2D eigenvalue weighted by Gasteiger charge is 2.04. The Bertz CT molecular complexity index is 371. The van der Waals surface area contributed by atoms with Gasteiger partial charge < -0.3 is 10.6 Å². The van der Waals surface area contributed by atoms with E-state index in [0.29, 0.717) is 6.42 Å². The molecule has 0 radical (unpaired) electrons. The van der Waals surface area contributed by atoms with Crippen LogP contribution in [0.25, 0.3) is 0 Å². The molecule has 16 heavy (non-hydrogen) atoms. The SMILES string of the molecule is Cc1ccc(C)c(CN(C)CCC(=N)N)c1. The molecule has 0 saturated carbocycles. The summed E-state index contributed by atoms with van der Waals surface area (Å²) in [6.45, 7) is 6.00. The maximum absolute atomic E-state index is 7.19. The van der Waals surface area contributed by atoms with Crippen LogP contribution in [0.1, 0.15) is 23.1 Å². The van der Waals surface area contributed by atoms with Crippen LogP contribution in [0.3, 0.4) is 0 Å². The summed E-state index contributed by atoms with van der Waals surface area (Å²) in [6, 6.07) is 6.51. The molecule has 0 atom stereocenters. The zero-order valence-electron chi connectivity index (χ0n) is 10.4. The lowest BCUT2D eigenvalue weighted by Crippen LogP contribution is -2.24. The molecule has 0 aliphatic rings.